The highest BCUT2D eigenvalue weighted by molar-refractivity contribution is 7.89. The molecule has 2 unspecified atom stereocenters. The average Bonchev–Trinajstić information content (AvgIpc) is 2.31. The third-order valence-electron chi connectivity index (χ3n) is 3.35. The maximum Gasteiger partial charge on any atom is 0.246 e. The summed E-state index contributed by atoms with van der Waals surface area (Å²) in [6.07, 6.45) is 0.942. The van der Waals surface area contributed by atoms with Crippen LogP contribution in [0.25, 0.3) is 0 Å². The third-order valence-corrected chi connectivity index (χ3v) is 5.19. The first-order valence-electron chi connectivity index (χ1n) is 6.26. The molecule has 2 rings (SSSR count). The van der Waals surface area contributed by atoms with Gasteiger partial charge in [0.2, 0.25) is 10.0 Å². The minimum Gasteiger partial charge on any atom is -0.207 e. The van der Waals surface area contributed by atoms with Gasteiger partial charge in [0.25, 0.3) is 0 Å². The van der Waals surface area contributed by atoms with Crippen molar-refractivity contribution in [2.24, 2.45) is 11.8 Å². The Morgan fingerprint density at radius 1 is 1.16 bits per heavy atom. The van der Waals surface area contributed by atoms with Crippen molar-refractivity contribution >= 4 is 10.0 Å². The standard InChI is InChI=1S/C13H17F2NO2S/c1-9-5-10(2)8-16(7-9)19(17,18)13-6-11(14)3-4-12(13)15/h3-4,6,9-10H,5,7-8H2,1-2H3. The van der Waals surface area contributed by atoms with E-state index in [0.29, 0.717) is 13.1 Å². The molecule has 1 fully saturated rings. The quantitative estimate of drug-likeness (QED) is 0.839. The molecule has 6 heteroatoms. The minimum atomic E-state index is -3.96. The number of benzene rings is 1. The fraction of sp³-hybridized carbons (Fsp3) is 0.538. The summed E-state index contributed by atoms with van der Waals surface area (Å²) in [4.78, 5) is -0.575. The number of piperidine rings is 1. The molecule has 3 nitrogen and oxygen atoms in total. The monoisotopic (exact) mass is 289 g/mol. The van der Waals surface area contributed by atoms with E-state index >= 15 is 0 Å². The van der Waals surface area contributed by atoms with Gasteiger partial charge >= 0.3 is 0 Å². The van der Waals surface area contributed by atoms with E-state index in [1.807, 2.05) is 13.8 Å². The molecular weight excluding hydrogens is 272 g/mol. The van der Waals surface area contributed by atoms with Crippen LogP contribution in [0.3, 0.4) is 0 Å². The van der Waals surface area contributed by atoms with Crippen molar-refractivity contribution in [1.82, 2.24) is 4.31 Å². The summed E-state index contributed by atoms with van der Waals surface area (Å²) in [7, 11) is -3.96. The molecule has 0 N–H and O–H groups in total. The lowest BCUT2D eigenvalue weighted by molar-refractivity contribution is 0.222. The number of sulfonamides is 1. The number of hydrogen-bond acceptors (Lipinski definition) is 2. The van der Waals surface area contributed by atoms with Crippen LogP contribution in [0, 0.1) is 23.5 Å². The third kappa shape index (κ3) is 2.95. The number of nitrogens with zero attached hydrogens (tertiary/aromatic N) is 1. The molecular formula is C13H17F2NO2S. The van der Waals surface area contributed by atoms with E-state index in [1.165, 1.54) is 4.31 Å². The van der Waals surface area contributed by atoms with Gasteiger partial charge in [-0.15, -0.1) is 0 Å². The van der Waals surface area contributed by atoms with Gasteiger partial charge in [0, 0.05) is 13.1 Å². The first-order chi connectivity index (χ1) is 8.80. The van der Waals surface area contributed by atoms with E-state index in [-0.39, 0.29) is 11.8 Å². The highest BCUT2D eigenvalue weighted by atomic mass is 32.2. The highest BCUT2D eigenvalue weighted by Gasteiger charge is 2.33. The van der Waals surface area contributed by atoms with Gasteiger partial charge < -0.3 is 0 Å². The van der Waals surface area contributed by atoms with Crippen molar-refractivity contribution in [3.8, 4) is 0 Å². The predicted molar refractivity (Wildman–Crippen MR) is 68.1 cm³/mol. The molecule has 1 aromatic carbocycles. The van der Waals surface area contributed by atoms with Gasteiger partial charge in [-0.25, -0.2) is 17.2 Å². The SMILES string of the molecule is CC1CC(C)CN(S(=O)(=O)c2cc(F)ccc2F)C1. The highest BCUT2D eigenvalue weighted by Crippen LogP contribution is 2.28. The molecule has 0 radical (unpaired) electrons. The fourth-order valence-electron chi connectivity index (χ4n) is 2.62. The van der Waals surface area contributed by atoms with E-state index in [2.05, 4.69) is 0 Å². The molecule has 0 bridgehead atoms. The number of rotatable bonds is 2. The fourth-order valence-corrected chi connectivity index (χ4v) is 4.37. The maximum absolute atomic E-state index is 13.6. The first kappa shape index (κ1) is 14.4. The second-order valence-electron chi connectivity index (χ2n) is 5.34. The summed E-state index contributed by atoms with van der Waals surface area (Å²) in [6.45, 7) is 4.62. The van der Waals surface area contributed by atoms with Crippen molar-refractivity contribution in [2.45, 2.75) is 25.2 Å². The normalized spacial score (nSPS) is 25.5. The molecule has 0 aromatic heterocycles. The summed E-state index contributed by atoms with van der Waals surface area (Å²) in [5.74, 6) is -1.23. The lowest BCUT2D eigenvalue weighted by atomic mass is 9.94. The second kappa shape index (κ2) is 5.17. The summed E-state index contributed by atoms with van der Waals surface area (Å²) in [6, 6.07) is 2.50. The Morgan fingerprint density at radius 3 is 2.32 bits per heavy atom. The van der Waals surface area contributed by atoms with Crippen molar-refractivity contribution < 1.29 is 17.2 Å². The Bertz CT molecular complexity index is 564. The largest absolute Gasteiger partial charge is 0.246 e. The van der Waals surface area contributed by atoms with Crippen LogP contribution in [0.1, 0.15) is 20.3 Å². The molecule has 1 saturated heterocycles. The van der Waals surface area contributed by atoms with Crippen LogP contribution in [-0.4, -0.2) is 25.8 Å². The summed E-state index contributed by atoms with van der Waals surface area (Å²) >= 11 is 0. The van der Waals surface area contributed by atoms with Crippen molar-refractivity contribution in [1.29, 1.82) is 0 Å². The van der Waals surface area contributed by atoms with Gasteiger partial charge in [-0.05, 0) is 36.5 Å². The molecule has 1 aromatic rings. The lowest BCUT2D eigenvalue weighted by Crippen LogP contribution is -2.42. The first-order valence-corrected chi connectivity index (χ1v) is 7.70. The predicted octanol–water partition coefficient (Wildman–Crippen LogP) is 2.63. The molecule has 1 aliphatic heterocycles. The van der Waals surface area contributed by atoms with Crippen LogP contribution in [0.15, 0.2) is 23.1 Å². The topological polar surface area (TPSA) is 37.4 Å². The molecule has 2 atom stereocenters. The lowest BCUT2D eigenvalue weighted by Gasteiger charge is -2.34. The number of hydrogen-bond donors (Lipinski definition) is 0. The van der Waals surface area contributed by atoms with E-state index in [1.54, 1.807) is 0 Å². The van der Waals surface area contributed by atoms with E-state index in [4.69, 9.17) is 0 Å². The van der Waals surface area contributed by atoms with Crippen molar-refractivity contribution in [3.63, 3.8) is 0 Å². The molecule has 1 heterocycles. The number of halogens is 2. The van der Waals surface area contributed by atoms with Crippen LogP contribution in [0.2, 0.25) is 0 Å². The van der Waals surface area contributed by atoms with E-state index in [0.717, 1.165) is 24.6 Å². The molecule has 0 saturated carbocycles. The Hall–Kier alpha value is -1.01. The van der Waals surface area contributed by atoms with Crippen molar-refractivity contribution in [3.05, 3.63) is 29.8 Å². The van der Waals surface area contributed by atoms with Crippen LogP contribution in [-0.2, 0) is 10.0 Å². The zero-order chi connectivity index (χ0) is 14.2. The van der Waals surface area contributed by atoms with Gasteiger partial charge in [-0.3, -0.25) is 0 Å². The Balaban J connectivity index is 2.39. The van der Waals surface area contributed by atoms with E-state index < -0.39 is 26.6 Å². The zero-order valence-electron chi connectivity index (χ0n) is 10.9. The second-order valence-corrected chi connectivity index (χ2v) is 7.25. The minimum absolute atomic E-state index is 0.218. The van der Waals surface area contributed by atoms with Gasteiger partial charge in [0.1, 0.15) is 16.5 Å². The molecule has 0 aliphatic carbocycles. The van der Waals surface area contributed by atoms with Crippen LogP contribution < -0.4 is 0 Å². The summed E-state index contributed by atoms with van der Waals surface area (Å²) < 4.78 is 52.8. The molecule has 1 aliphatic rings. The summed E-state index contributed by atoms with van der Waals surface area (Å²) in [5.41, 5.74) is 0. The van der Waals surface area contributed by atoms with Crippen LogP contribution in [0.4, 0.5) is 8.78 Å². The summed E-state index contributed by atoms with van der Waals surface area (Å²) in [5, 5.41) is 0. The van der Waals surface area contributed by atoms with Crippen LogP contribution >= 0.6 is 0 Å². The molecule has 0 amide bonds. The average molecular weight is 289 g/mol. The van der Waals surface area contributed by atoms with Crippen molar-refractivity contribution in [2.75, 3.05) is 13.1 Å². The zero-order valence-corrected chi connectivity index (χ0v) is 11.8. The molecule has 0 spiro atoms. The van der Waals surface area contributed by atoms with E-state index in [9.17, 15) is 17.2 Å². The molecule has 19 heavy (non-hydrogen) atoms. The Kier molecular flexibility index (Phi) is 3.92. The van der Waals surface area contributed by atoms with Gasteiger partial charge in [-0.2, -0.15) is 4.31 Å². The van der Waals surface area contributed by atoms with Gasteiger partial charge in [0.05, 0.1) is 0 Å². The maximum atomic E-state index is 13.6. The smallest absolute Gasteiger partial charge is 0.207 e. The van der Waals surface area contributed by atoms with Gasteiger partial charge in [0.15, 0.2) is 0 Å². The molecule has 106 valence electrons. The van der Waals surface area contributed by atoms with Crippen LogP contribution in [0.5, 0.6) is 0 Å². The Morgan fingerprint density at radius 2 is 1.74 bits per heavy atom. The Labute approximate surface area is 112 Å². The van der Waals surface area contributed by atoms with Gasteiger partial charge in [-0.1, -0.05) is 13.8 Å².